The molecular weight excluding hydrogens is 292 g/mol. The van der Waals surface area contributed by atoms with Crippen LogP contribution >= 0.6 is 12.4 Å². The van der Waals surface area contributed by atoms with Crippen LogP contribution in [0.25, 0.3) is 0 Å². The molecule has 0 unspecified atom stereocenters. The maximum Gasteiger partial charge on any atom is 0.240 e. The van der Waals surface area contributed by atoms with Gasteiger partial charge in [0.05, 0.1) is 6.04 Å². The second-order valence-electron chi connectivity index (χ2n) is 6.23. The van der Waals surface area contributed by atoms with Crippen LogP contribution in [0.1, 0.15) is 26.3 Å². The van der Waals surface area contributed by atoms with Crippen molar-refractivity contribution in [3.05, 3.63) is 23.8 Å². The number of nitrogens with zero attached hydrogens (tertiary/aromatic N) is 1. The zero-order valence-corrected chi connectivity index (χ0v) is 13.7. The largest absolute Gasteiger partial charge is 0.454 e. The molecule has 0 bridgehead atoms. The predicted molar refractivity (Wildman–Crippen MR) is 83.7 cm³/mol. The Morgan fingerprint density at radius 2 is 1.95 bits per heavy atom. The molecule has 1 amide bonds. The van der Waals surface area contributed by atoms with Crippen LogP contribution < -0.4 is 15.2 Å². The molecular formula is C15H23ClN2O3. The third kappa shape index (κ3) is 4.02. The zero-order chi connectivity index (χ0) is 14.9. The standard InChI is InChI=1S/C15H22N2O3.ClH/c1-15(2,3)13(16)14(18)17(4)8-10-5-6-11-12(7-10)20-9-19-11;/h5-7,13H,8-9,16H2,1-4H3;1H/t13-;/m1./s1. The Balaban J connectivity index is 0.00000220. The fraction of sp³-hybridized carbons (Fsp3) is 0.533. The Kier molecular flexibility index (Phi) is 5.48. The van der Waals surface area contributed by atoms with Crippen LogP contribution in [0.4, 0.5) is 0 Å². The number of hydrogen-bond donors (Lipinski definition) is 1. The van der Waals surface area contributed by atoms with Crippen molar-refractivity contribution in [2.75, 3.05) is 13.8 Å². The maximum atomic E-state index is 12.3. The molecule has 21 heavy (non-hydrogen) atoms. The van der Waals surface area contributed by atoms with Crippen LogP contribution in [0, 0.1) is 5.41 Å². The molecule has 0 aliphatic carbocycles. The Morgan fingerprint density at radius 1 is 1.33 bits per heavy atom. The van der Waals surface area contributed by atoms with E-state index in [4.69, 9.17) is 15.2 Å². The van der Waals surface area contributed by atoms with Crippen LogP contribution in [0.3, 0.4) is 0 Å². The first-order valence-corrected chi connectivity index (χ1v) is 6.68. The fourth-order valence-electron chi connectivity index (χ4n) is 2.00. The van der Waals surface area contributed by atoms with Gasteiger partial charge in [0.25, 0.3) is 0 Å². The Labute approximate surface area is 131 Å². The molecule has 1 aromatic rings. The summed E-state index contributed by atoms with van der Waals surface area (Å²) in [7, 11) is 1.76. The molecule has 1 aliphatic rings. The van der Waals surface area contributed by atoms with Gasteiger partial charge in [-0.3, -0.25) is 4.79 Å². The average Bonchev–Trinajstić information content (AvgIpc) is 2.83. The molecule has 2 N–H and O–H groups in total. The van der Waals surface area contributed by atoms with Gasteiger partial charge in [-0.2, -0.15) is 0 Å². The van der Waals surface area contributed by atoms with Gasteiger partial charge in [-0.25, -0.2) is 0 Å². The van der Waals surface area contributed by atoms with E-state index in [2.05, 4.69) is 0 Å². The molecule has 1 aromatic carbocycles. The summed E-state index contributed by atoms with van der Waals surface area (Å²) in [4.78, 5) is 13.9. The number of halogens is 1. The Morgan fingerprint density at radius 3 is 2.57 bits per heavy atom. The highest BCUT2D eigenvalue weighted by molar-refractivity contribution is 5.85. The number of benzene rings is 1. The fourth-order valence-corrected chi connectivity index (χ4v) is 2.00. The number of rotatable bonds is 3. The molecule has 0 fully saturated rings. The van der Waals surface area contributed by atoms with Gasteiger partial charge in [0, 0.05) is 13.6 Å². The van der Waals surface area contributed by atoms with Gasteiger partial charge in [0.2, 0.25) is 12.7 Å². The summed E-state index contributed by atoms with van der Waals surface area (Å²) >= 11 is 0. The van der Waals surface area contributed by atoms with E-state index in [-0.39, 0.29) is 30.5 Å². The first-order valence-electron chi connectivity index (χ1n) is 6.68. The lowest BCUT2D eigenvalue weighted by atomic mass is 9.86. The van der Waals surface area contributed by atoms with E-state index in [1.165, 1.54) is 0 Å². The monoisotopic (exact) mass is 314 g/mol. The zero-order valence-electron chi connectivity index (χ0n) is 12.9. The van der Waals surface area contributed by atoms with Crippen LogP contribution in [0.2, 0.25) is 0 Å². The van der Waals surface area contributed by atoms with Gasteiger partial charge < -0.3 is 20.1 Å². The number of ether oxygens (including phenoxy) is 2. The molecule has 0 saturated heterocycles. The average molecular weight is 315 g/mol. The summed E-state index contributed by atoms with van der Waals surface area (Å²) in [5, 5.41) is 0. The molecule has 5 nitrogen and oxygen atoms in total. The number of fused-ring (bicyclic) bond motifs is 1. The lowest BCUT2D eigenvalue weighted by Gasteiger charge is -2.30. The van der Waals surface area contributed by atoms with E-state index in [0.717, 1.165) is 17.1 Å². The second kappa shape index (κ2) is 6.54. The molecule has 0 saturated carbocycles. The molecule has 0 radical (unpaired) electrons. The third-order valence-corrected chi connectivity index (χ3v) is 3.43. The molecule has 0 aromatic heterocycles. The van der Waals surface area contributed by atoms with Crippen LogP contribution in [-0.2, 0) is 11.3 Å². The lowest BCUT2D eigenvalue weighted by molar-refractivity contribution is -0.134. The van der Waals surface area contributed by atoms with Crippen molar-refractivity contribution in [3.63, 3.8) is 0 Å². The molecule has 1 atom stereocenters. The third-order valence-electron chi connectivity index (χ3n) is 3.43. The van der Waals surface area contributed by atoms with Gasteiger partial charge >= 0.3 is 0 Å². The normalized spacial score (nSPS) is 14.3. The summed E-state index contributed by atoms with van der Waals surface area (Å²) in [6, 6.07) is 5.18. The smallest absolute Gasteiger partial charge is 0.240 e. The quantitative estimate of drug-likeness (QED) is 0.928. The molecule has 6 heteroatoms. The highest BCUT2D eigenvalue weighted by Crippen LogP contribution is 2.32. The number of amides is 1. The lowest BCUT2D eigenvalue weighted by Crippen LogP contribution is -2.48. The van der Waals surface area contributed by atoms with Crippen molar-refractivity contribution in [3.8, 4) is 11.5 Å². The van der Waals surface area contributed by atoms with Gasteiger partial charge in [-0.15, -0.1) is 12.4 Å². The first-order chi connectivity index (χ1) is 9.29. The highest BCUT2D eigenvalue weighted by Gasteiger charge is 2.29. The summed E-state index contributed by atoms with van der Waals surface area (Å²) in [5.41, 5.74) is 6.75. The second-order valence-corrected chi connectivity index (χ2v) is 6.23. The molecule has 2 rings (SSSR count). The number of carbonyl (C=O) groups excluding carboxylic acids is 1. The van der Waals surface area contributed by atoms with Crippen LogP contribution in [0.15, 0.2) is 18.2 Å². The predicted octanol–water partition coefficient (Wildman–Crippen LogP) is 2.17. The topological polar surface area (TPSA) is 64.8 Å². The van der Waals surface area contributed by atoms with Crippen molar-refractivity contribution in [1.82, 2.24) is 4.90 Å². The Bertz CT molecular complexity index is 514. The summed E-state index contributed by atoms with van der Waals surface area (Å²) < 4.78 is 10.6. The summed E-state index contributed by atoms with van der Waals surface area (Å²) in [5.74, 6) is 1.41. The van der Waals surface area contributed by atoms with Crippen molar-refractivity contribution in [1.29, 1.82) is 0 Å². The summed E-state index contributed by atoms with van der Waals surface area (Å²) in [6.07, 6.45) is 0. The van der Waals surface area contributed by atoms with Gasteiger partial charge in [-0.05, 0) is 23.1 Å². The minimum atomic E-state index is -0.512. The van der Waals surface area contributed by atoms with Crippen molar-refractivity contribution >= 4 is 18.3 Å². The van der Waals surface area contributed by atoms with E-state index in [0.29, 0.717) is 6.54 Å². The SMILES string of the molecule is CN(Cc1ccc2c(c1)OCO2)C(=O)[C@@H](N)C(C)(C)C.Cl. The van der Waals surface area contributed by atoms with E-state index < -0.39 is 6.04 Å². The van der Waals surface area contributed by atoms with Gasteiger partial charge in [0.15, 0.2) is 11.5 Å². The molecule has 0 spiro atoms. The van der Waals surface area contributed by atoms with Crippen LogP contribution in [-0.4, -0.2) is 30.7 Å². The molecule has 1 heterocycles. The molecule has 118 valence electrons. The number of carbonyl (C=O) groups is 1. The Hall–Kier alpha value is -1.46. The van der Waals surface area contributed by atoms with Crippen molar-refractivity contribution in [2.24, 2.45) is 11.1 Å². The number of hydrogen-bond acceptors (Lipinski definition) is 4. The minimum absolute atomic E-state index is 0. The summed E-state index contributed by atoms with van der Waals surface area (Å²) in [6.45, 7) is 6.64. The maximum absolute atomic E-state index is 12.3. The van der Waals surface area contributed by atoms with E-state index in [1.54, 1.807) is 11.9 Å². The highest BCUT2D eigenvalue weighted by atomic mass is 35.5. The van der Waals surface area contributed by atoms with Crippen molar-refractivity contribution in [2.45, 2.75) is 33.4 Å². The van der Waals surface area contributed by atoms with E-state index in [9.17, 15) is 4.79 Å². The number of likely N-dealkylation sites (N-methyl/N-ethyl adjacent to an activating group) is 1. The van der Waals surface area contributed by atoms with Crippen LogP contribution in [0.5, 0.6) is 11.5 Å². The van der Waals surface area contributed by atoms with Gasteiger partial charge in [0.1, 0.15) is 0 Å². The van der Waals surface area contributed by atoms with E-state index >= 15 is 0 Å². The van der Waals surface area contributed by atoms with E-state index in [1.807, 2.05) is 39.0 Å². The van der Waals surface area contributed by atoms with Gasteiger partial charge in [-0.1, -0.05) is 26.8 Å². The number of nitrogens with two attached hydrogens (primary N) is 1. The van der Waals surface area contributed by atoms with Crippen molar-refractivity contribution < 1.29 is 14.3 Å². The molecule has 1 aliphatic heterocycles. The first kappa shape index (κ1) is 17.6. The minimum Gasteiger partial charge on any atom is -0.454 e.